The first-order valence-electron chi connectivity index (χ1n) is 8.02. The number of aliphatic imine (C=N–C) groups is 1. The Hall–Kier alpha value is -1.22. The third kappa shape index (κ3) is 9.82. The SMILES string of the molecule is CCOCCCNC(=NC)NCC(C)Oc1ccc(OC)cc1.I. The average Bonchev–Trinajstić information content (AvgIpc) is 2.58. The lowest BCUT2D eigenvalue weighted by atomic mass is 10.3. The van der Waals surface area contributed by atoms with Crippen molar-refractivity contribution < 1.29 is 14.2 Å². The highest BCUT2D eigenvalue weighted by molar-refractivity contribution is 14.0. The molecule has 6 nitrogen and oxygen atoms in total. The highest BCUT2D eigenvalue weighted by atomic mass is 127. The quantitative estimate of drug-likeness (QED) is 0.248. The van der Waals surface area contributed by atoms with Crippen molar-refractivity contribution in [3.05, 3.63) is 24.3 Å². The van der Waals surface area contributed by atoms with Crippen molar-refractivity contribution in [3.63, 3.8) is 0 Å². The molecule has 0 heterocycles. The van der Waals surface area contributed by atoms with Crippen molar-refractivity contribution >= 4 is 29.9 Å². The second kappa shape index (κ2) is 14.2. The van der Waals surface area contributed by atoms with Gasteiger partial charge in [0.25, 0.3) is 0 Å². The molecule has 24 heavy (non-hydrogen) atoms. The fourth-order valence-electron chi connectivity index (χ4n) is 1.91. The van der Waals surface area contributed by atoms with Crippen molar-refractivity contribution in [2.24, 2.45) is 4.99 Å². The van der Waals surface area contributed by atoms with Gasteiger partial charge in [0.05, 0.1) is 13.7 Å². The Bertz CT molecular complexity index is 455. The van der Waals surface area contributed by atoms with E-state index in [0.29, 0.717) is 6.54 Å². The third-order valence-corrected chi connectivity index (χ3v) is 3.14. The Morgan fingerprint density at radius 3 is 2.42 bits per heavy atom. The fraction of sp³-hybridized carbons (Fsp3) is 0.588. The van der Waals surface area contributed by atoms with E-state index >= 15 is 0 Å². The minimum Gasteiger partial charge on any atom is -0.497 e. The van der Waals surface area contributed by atoms with Crippen LogP contribution < -0.4 is 20.1 Å². The molecule has 0 spiro atoms. The first-order valence-corrected chi connectivity index (χ1v) is 8.02. The Balaban J connectivity index is 0.00000529. The van der Waals surface area contributed by atoms with Crippen molar-refractivity contribution in [3.8, 4) is 11.5 Å². The number of nitrogens with one attached hydrogen (secondary N) is 2. The summed E-state index contributed by atoms with van der Waals surface area (Å²) in [4.78, 5) is 4.19. The molecule has 0 aromatic heterocycles. The maximum atomic E-state index is 5.85. The number of rotatable bonds is 10. The zero-order valence-electron chi connectivity index (χ0n) is 15.0. The minimum absolute atomic E-state index is 0. The number of hydrogen-bond acceptors (Lipinski definition) is 4. The van der Waals surface area contributed by atoms with Gasteiger partial charge in [0.15, 0.2) is 5.96 Å². The molecule has 138 valence electrons. The van der Waals surface area contributed by atoms with Crippen molar-refractivity contribution in [2.75, 3.05) is 40.5 Å². The normalized spacial score (nSPS) is 12.1. The van der Waals surface area contributed by atoms with Gasteiger partial charge in [0.2, 0.25) is 0 Å². The number of benzene rings is 1. The van der Waals surface area contributed by atoms with E-state index < -0.39 is 0 Å². The summed E-state index contributed by atoms with van der Waals surface area (Å²) in [5, 5.41) is 6.50. The molecule has 1 rings (SSSR count). The Morgan fingerprint density at radius 2 is 1.83 bits per heavy atom. The summed E-state index contributed by atoms with van der Waals surface area (Å²) in [6.45, 7) is 7.02. The highest BCUT2D eigenvalue weighted by Gasteiger charge is 2.06. The van der Waals surface area contributed by atoms with Crippen LogP contribution in [0.4, 0.5) is 0 Å². The molecule has 0 saturated heterocycles. The summed E-state index contributed by atoms with van der Waals surface area (Å²) >= 11 is 0. The van der Waals surface area contributed by atoms with E-state index in [0.717, 1.165) is 43.6 Å². The van der Waals surface area contributed by atoms with Crippen molar-refractivity contribution in [2.45, 2.75) is 26.4 Å². The van der Waals surface area contributed by atoms with E-state index in [9.17, 15) is 0 Å². The molecule has 0 aliphatic rings. The zero-order valence-corrected chi connectivity index (χ0v) is 17.3. The molecular weight excluding hydrogens is 421 g/mol. The summed E-state index contributed by atoms with van der Waals surface area (Å²) in [7, 11) is 3.41. The first-order chi connectivity index (χ1) is 11.2. The van der Waals surface area contributed by atoms with Crippen LogP contribution in [0.3, 0.4) is 0 Å². The zero-order chi connectivity index (χ0) is 16.9. The molecule has 1 unspecified atom stereocenters. The maximum Gasteiger partial charge on any atom is 0.191 e. The van der Waals surface area contributed by atoms with Gasteiger partial charge in [-0.3, -0.25) is 4.99 Å². The number of nitrogens with zero attached hydrogens (tertiary/aromatic N) is 1. The Labute approximate surface area is 162 Å². The number of guanidine groups is 1. The van der Waals surface area contributed by atoms with E-state index in [-0.39, 0.29) is 30.1 Å². The lowest BCUT2D eigenvalue weighted by Gasteiger charge is -2.18. The predicted octanol–water partition coefficient (Wildman–Crippen LogP) is 2.67. The van der Waals surface area contributed by atoms with Gasteiger partial charge in [-0.15, -0.1) is 24.0 Å². The van der Waals surface area contributed by atoms with Crippen LogP contribution in [-0.4, -0.2) is 52.5 Å². The van der Waals surface area contributed by atoms with E-state index in [2.05, 4.69) is 15.6 Å². The lowest BCUT2D eigenvalue weighted by Crippen LogP contribution is -2.42. The molecule has 0 bridgehead atoms. The van der Waals surface area contributed by atoms with Crippen LogP contribution >= 0.6 is 24.0 Å². The molecule has 1 aromatic carbocycles. The molecular formula is C17H30IN3O3. The second-order valence-corrected chi connectivity index (χ2v) is 5.03. The summed E-state index contributed by atoms with van der Waals surface area (Å²) in [6.07, 6.45) is 0.970. The Kier molecular flexibility index (Phi) is 13.4. The van der Waals surface area contributed by atoms with Gasteiger partial charge in [-0.1, -0.05) is 0 Å². The summed E-state index contributed by atoms with van der Waals surface area (Å²) in [6, 6.07) is 7.56. The van der Waals surface area contributed by atoms with Crippen molar-refractivity contribution in [1.29, 1.82) is 0 Å². The Morgan fingerprint density at radius 1 is 1.17 bits per heavy atom. The summed E-state index contributed by atoms with van der Waals surface area (Å²) in [5.74, 6) is 2.41. The maximum absolute atomic E-state index is 5.85. The minimum atomic E-state index is 0. The molecule has 0 aliphatic carbocycles. The third-order valence-electron chi connectivity index (χ3n) is 3.14. The fourth-order valence-corrected chi connectivity index (χ4v) is 1.91. The van der Waals surface area contributed by atoms with Crippen molar-refractivity contribution in [1.82, 2.24) is 10.6 Å². The molecule has 1 aromatic rings. The molecule has 2 N–H and O–H groups in total. The van der Waals surface area contributed by atoms with Gasteiger partial charge >= 0.3 is 0 Å². The monoisotopic (exact) mass is 451 g/mol. The molecule has 0 aliphatic heterocycles. The standard InChI is InChI=1S/C17H29N3O3.HI/c1-5-22-12-6-11-19-17(18-3)20-13-14(2)23-16-9-7-15(21-4)8-10-16;/h7-10,14H,5-6,11-13H2,1-4H3,(H2,18,19,20);1H. The van der Waals surface area contributed by atoms with E-state index in [1.165, 1.54) is 0 Å². The molecule has 0 fully saturated rings. The number of hydrogen-bond donors (Lipinski definition) is 2. The molecule has 0 radical (unpaired) electrons. The van der Waals surface area contributed by atoms with Crippen LogP contribution in [-0.2, 0) is 4.74 Å². The lowest BCUT2D eigenvalue weighted by molar-refractivity contribution is 0.145. The topological polar surface area (TPSA) is 64.1 Å². The van der Waals surface area contributed by atoms with Crippen LogP contribution in [0.1, 0.15) is 20.3 Å². The molecule has 7 heteroatoms. The molecule has 0 amide bonds. The van der Waals surface area contributed by atoms with Gasteiger partial charge in [0.1, 0.15) is 17.6 Å². The van der Waals surface area contributed by atoms with Gasteiger partial charge in [-0.05, 0) is 44.5 Å². The predicted molar refractivity (Wildman–Crippen MR) is 109 cm³/mol. The van der Waals surface area contributed by atoms with Gasteiger partial charge < -0.3 is 24.8 Å². The number of halogens is 1. The molecule has 1 atom stereocenters. The van der Waals surface area contributed by atoms with Gasteiger partial charge in [-0.25, -0.2) is 0 Å². The number of methoxy groups -OCH3 is 1. The summed E-state index contributed by atoms with van der Waals surface area (Å²) < 4.78 is 16.3. The van der Waals surface area contributed by atoms with E-state index in [1.807, 2.05) is 38.1 Å². The van der Waals surface area contributed by atoms with Gasteiger partial charge in [0, 0.05) is 26.8 Å². The second-order valence-electron chi connectivity index (χ2n) is 5.03. The largest absolute Gasteiger partial charge is 0.497 e. The smallest absolute Gasteiger partial charge is 0.191 e. The number of ether oxygens (including phenoxy) is 3. The molecule has 0 saturated carbocycles. The highest BCUT2D eigenvalue weighted by Crippen LogP contribution is 2.17. The van der Waals surface area contributed by atoms with Crippen LogP contribution in [0, 0.1) is 0 Å². The van der Waals surface area contributed by atoms with Crippen LogP contribution in [0.25, 0.3) is 0 Å². The van der Waals surface area contributed by atoms with Crippen LogP contribution in [0.5, 0.6) is 11.5 Å². The summed E-state index contributed by atoms with van der Waals surface area (Å²) in [5.41, 5.74) is 0. The van der Waals surface area contributed by atoms with Gasteiger partial charge in [-0.2, -0.15) is 0 Å². The van der Waals surface area contributed by atoms with E-state index in [4.69, 9.17) is 14.2 Å². The van der Waals surface area contributed by atoms with Crippen LogP contribution in [0.2, 0.25) is 0 Å². The van der Waals surface area contributed by atoms with Crippen LogP contribution in [0.15, 0.2) is 29.3 Å². The first kappa shape index (κ1) is 22.8. The average molecular weight is 451 g/mol. The van der Waals surface area contributed by atoms with E-state index in [1.54, 1.807) is 14.2 Å².